The van der Waals surface area contributed by atoms with Crippen molar-refractivity contribution in [2.24, 2.45) is 0 Å². The maximum absolute atomic E-state index is 12.6. The van der Waals surface area contributed by atoms with Crippen LogP contribution in [0.25, 0.3) is 11.0 Å². The molecule has 1 amide bonds. The van der Waals surface area contributed by atoms with Gasteiger partial charge in [-0.05, 0) is 47.4 Å². The first-order chi connectivity index (χ1) is 12.2. The van der Waals surface area contributed by atoms with Crippen LogP contribution in [-0.4, -0.2) is 12.5 Å². The quantitative estimate of drug-likeness (QED) is 0.719. The van der Waals surface area contributed by atoms with E-state index in [4.69, 9.17) is 4.42 Å². The van der Waals surface area contributed by atoms with Crippen molar-refractivity contribution in [3.8, 4) is 0 Å². The maximum Gasteiger partial charge on any atom is 0.349 e. The van der Waals surface area contributed by atoms with Gasteiger partial charge in [-0.15, -0.1) is 0 Å². The van der Waals surface area contributed by atoms with Gasteiger partial charge in [0.25, 0.3) is 5.91 Å². The van der Waals surface area contributed by atoms with Gasteiger partial charge in [0.05, 0.1) is 0 Å². The van der Waals surface area contributed by atoms with Crippen LogP contribution in [0.3, 0.4) is 0 Å². The molecule has 0 atom stereocenters. The van der Waals surface area contributed by atoms with Gasteiger partial charge in [0.15, 0.2) is 0 Å². The van der Waals surface area contributed by atoms with Crippen LogP contribution in [0, 0.1) is 0 Å². The molecule has 4 nitrogen and oxygen atoms in total. The Hall–Kier alpha value is -2.40. The first kappa shape index (κ1) is 16.1. The van der Waals surface area contributed by atoms with Gasteiger partial charge in [-0.3, -0.25) is 4.79 Å². The zero-order valence-corrected chi connectivity index (χ0v) is 14.6. The van der Waals surface area contributed by atoms with Crippen molar-refractivity contribution in [3.05, 3.63) is 68.7 Å². The predicted molar refractivity (Wildman–Crippen MR) is 99.3 cm³/mol. The average molecular weight is 353 g/mol. The molecule has 0 saturated heterocycles. The summed E-state index contributed by atoms with van der Waals surface area (Å²) in [6.45, 7) is 0.550. The minimum atomic E-state index is -0.591. The van der Waals surface area contributed by atoms with E-state index in [1.54, 1.807) is 29.5 Å². The minimum Gasteiger partial charge on any atom is -0.422 e. The summed E-state index contributed by atoms with van der Waals surface area (Å²) in [6.07, 6.45) is 4.47. The van der Waals surface area contributed by atoms with Gasteiger partial charge in [0.1, 0.15) is 11.1 Å². The van der Waals surface area contributed by atoms with Crippen molar-refractivity contribution < 1.29 is 9.21 Å². The summed E-state index contributed by atoms with van der Waals surface area (Å²) in [6, 6.07) is 11.0. The maximum atomic E-state index is 12.6. The van der Waals surface area contributed by atoms with Crippen molar-refractivity contribution in [2.75, 3.05) is 6.54 Å². The third kappa shape index (κ3) is 3.00. The first-order valence-electron chi connectivity index (χ1n) is 8.52. The number of para-hydroxylation sites is 1. The Kier molecular flexibility index (Phi) is 4.17. The highest BCUT2D eigenvalue weighted by atomic mass is 32.1. The zero-order valence-electron chi connectivity index (χ0n) is 13.8. The number of nitrogens with one attached hydrogen (secondary N) is 1. The average Bonchev–Trinajstić information content (AvgIpc) is 3.31. The Morgan fingerprint density at radius 3 is 2.76 bits per heavy atom. The fourth-order valence-corrected chi connectivity index (χ4v) is 4.53. The van der Waals surface area contributed by atoms with Gasteiger partial charge in [-0.1, -0.05) is 31.0 Å². The Morgan fingerprint density at radius 2 is 2.00 bits per heavy atom. The van der Waals surface area contributed by atoms with Gasteiger partial charge in [-0.2, -0.15) is 11.3 Å². The Balaban J connectivity index is 1.58. The number of carbonyl (C=O) groups excluding carboxylic acids is 1. The fraction of sp³-hybridized carbons (Fsp3) is 0.300. The second-order valence-corrected chi connectivity index (χ2v) is 7.45. The lowest BCUT2D eigenvalue weighted by Crippen LogP contribution is -2.40. The molecular formula is C20H19NO3S. The Labute approximate surface area is 149 Å². The lowest BCUT2D eigenvalue weighted by atomic mass is 9.80. The first-order valence-corrected chi connectivity index (χ1v) is 9.46. The van der Waals surface area contributed by atoms with E-state index in [9.17, 15) is 9.59 Å². The third-order valence-electron chi connectivity index (χ3n) is 5.17. The highest BCUT2D eigenvalue weighted by Gasteiger charge is 2.36. The monoisotopic (exact) mass is 353 g/mol. The molecule has 128 valence electrons. The van der Waals surface area contributed by atoms with Crippen molar-refractivity contribution >= 4 is 28.2 Å². The molecule has 0 unspecified atom stereocenters. The summed E-state index contributed by atoms with van der Waals surface area (Å²) in [5, 5.41) is 7.98. The van der Waals surface area contributed by atoms with E-state index in [2.05, 4.69) is 22.1 Å². The third-order valence-corrected chi connectivity index (χ3v) is 5.85. The Morgan fingerprint density at radius 1 is 1.20 bits per heavy atom. The number of benzene rings is 1. The number of thiophene rings is 1. The Bertz CT molecular complexity index is 952. The molecule has 1 N–H and O–H groups in total. The molecule has 0 aliphatic heterocycles. The number of hydrogen-bond donors (Lipinski definition) is 1. The summed E-state index contributed by atoms with van der Waals surface area (Å²) in [5.41, 5.74) is 1.26. The highest BCUT2D eigenvalue weighted by molar-refractivity contribution is 7.08. The number of amides is 1. The second kappa shape index (κ2) is 6.48. The van der Waals surface area contributed by atoms with Crippen molar-refractivity contribution in [1.29, 1.82) is 0 Å². The summed E-state index contributed by atoms with van der Waals surface area (Å²) < 4.78 is 5.27. The fourth-order valence-electron chi connectivity index (χ4n) is 3.75. The molecule has 2 heterocycles. The van der Waals surface area contributed by atoms with Gasteiger partial charge in [-0.25, -0.2) is 4.79 Å². The number of hydrogen-bond acceptors (Lipinski definition) is 4. The second-order valence-electron chi connectivity index (χ2n) is 6.67. The lowest BCUT2D eigenvalue weighted by Gasteiger charge is -2.28. The highest BCUT2D eigenvalue weighted by Crippen LogP contribution is 2.41. The molecule has 0 radical (unpaired) electrons. The molecule has 4 rings (SSSR count). The van der Waals surface area contributed by atoms with Crippen molar-refractivity contribution in [2.45, 2.75) is 31.1 Å². The van der Waals surface area contributed by atoms with Crippen LogP contribution in [0.5, 0.6) is 0 Å². The van der Waals surface area contributed by atoms with Gasteiger partial charge < -0.3 is 9.73 Å². The molecule has 5 heteroatoms. The van der Waals surface area contributed by atoms with E-state index in [0.29, 0.717) is 12.1 Å². The summed E-state index contributed by atoms with van der Waals surface area (Å²) in [5.74, 6) is -0.360. The number of fused-ring (bicyclic) bond motifs is 1. The van der Waals surface area contributed by atoms with Crippen molar-refractivity contribution in [1.82, 2.24) is 5.32 Å². The molecular weight excluding hydrogens is 334 g/mol. The molecule has 1 aliphatic carbocycles. The summed E-state index contributed by atoms with van der Waals surface area (Å²) in [7, 11) is 0. The molecule has 0 spiro atoms. The van der Waals surface area contributed by atoms with Crippen LogP contribution in [0.4, 0.5) is 0 Å². The lowest BCUT2D eigenvalue weighted by molar-refractivity contribution is 0.0939. The number of rotatable bonds is 4. The molecule has 1 aliphatic rings. The molecule has 1 fully saturated rings. The molecule has 3 aromatic rings. The van der Waals surface area contributed by atoms with E-state index in [1.807, 2.05) is 12.1 Å². The normalized spacial score (nSPS) is 16.2. The van der Waals surface area contributed by atoms with Gasteiger partial charge >= 0.3 is 5.63 Å². The van der Waals surface area contributed by atoms with Crippen LogP contribution >= 0.6 is 11.3 Å². The number of carbonyl (C=O) groups is 1. The zero-order chi connectivity index (χ0) is 17.3. The predicted octanol–water partition coefficient (Wildman–Crippen LogP) is 4.10. The molecule has 1 aromatic carbocycles. The molecule has 25 heavy (non-hydrogen) atoms. The SMILES string of the molecule is O=C(NCC1(c2ccsc2)CCCC1)c1cc2ccccc2oc1=O. The van der Waals surface area contributed by atoms with E-state index >= 15 is 0 Å². The van der Waals surface area contributed by atoms with E-state index < -0.39 is 5.63 Å². The van der Waals surface area contributed by atoms with E-state index in [0.717, 1.165) is 18.2 Å². The largest absolute Gasteiger partial charge is 0.422 e. The standard InChI is InChI=1S/C20H19NO3S/c22-18(16-11-14-5-1-2-6-17(14)24-19(16)23)21-13-20(8-3-4-9-20)15-7-10-25-12-15/h1-2,5-7,10-12H,3-4,8-9,13H2,(H,21,22). The van der Waals surface area contributed by atoms with Crippen LogP contribution in [0.2, 0.25) is 0 Å². The van der Waals surface area contributed by atoms with Crippen LogP contribution < -0.4 is 10.9 Å². The summed E-state index contributed by atoms with van der Waals surface area (Å²) in [4.78, 5) is 24.8. The van der Waals surface area contributed by atoms with Crippen LogP contribution in [0.1, 0.15) is 41.6 Å². The van der Waals surface area contributed by atoms with Crippen molar-refractivity contribution in [3.63, 3.8) is 0 Å². The molecule has 2 aromatic heterocycles. The topological polar surface area (TPSA) is 59.3 Å². The van der Waals surface area contributed by atoms with E-state index in [1.165, 1.54) is 18.4 Å². The van der Waals surface area contributed by atoms with Crippen LogP contribution in [0.15, 0.2) is 56.4 Å². The molecule has 1 saturated carbocycles. The smallest absolute Gasteiger partial charge is 0.349 e. The van der Waals surface area contributed by atoms with Gasteiger partial charge in [0, 0.05) is 17.3 Å². The van der Waals surface area contributed by atoms with Gasteiger partial charge in [0.2, 0.25) is 0 Å². The minimum absolute atomic E-state index is 0.00724. The summed E-state index contributed by atoms with van der Waals surface area (Å²) >= 11 is 1.68. The van der Waals surface area contributed by atoms with Crippen LogP contribution in [-0.2, 0) is 5.41 Å². The molecule has 0 bridgehead atoms. The van der Waals surface area contributed by atoms with E-state index in [-0.39, 0.29) is 16.9 Å².